The molecule has 27 heavy (non-hydrogen) atoms. The Hall–Kier alpha value is -2.37. The lowest BCUT2D eigenvalue weighted by Gasteiger charge is -2.25. The number of likely N-dealkylation sites (tertiary alicyclic amines) is 1. The van der Waals surface area contributed by atoms with E-state index in [0.717, 1.165) is 24.5 Å². The zero-order chi connectivity index (χ0) is 18.8. The van der Waals surface area contributed by atoms with E-state index in [0.29, 0.717) is 6.04 Å². The standard InChI is InChI=1S/C22H28N4O/c1-25(15-20-5-4-10-26(20)2)14-19-13-23-24-22(19)18-7-6-17-12-21(27-3)9-8-16(17)11-18/h6-9,11-13,20H,4-5,10,14-15H2,1-3H3,(H,23,24). The van der Waals surface area contributed by atoms with Gasteiger partial charge in [0.1, 0.15) is 5.75 Å². The quantitative estimate of drug-likeness (QED) is 0.723. The van der Waals surface area contributed by atoms with Gasteiger partial charge in [0.25, 0.3) is 0 Å². The number of likely N-dealkylation sites (N-methyl/N-ethyl adjacent to an activating group) is 2. The number of hydrogen-bond acceptors (Lipinski definition) is 4. The maximum Gasteiger partial charge on any atom is 0.119 e. The number of nitrogens with zero attached hydrogens (tertiary/aromatic N) is 3. The third-order valence-corrected chi connectivity index (χ3v) is 5.69. The first-order valence-electron chi connectivity index (χ1n) is 9.63. The van der Waals surface area contributed by atoms with E-state index in [1.165, 1.54) is 41.3 Å². The Labute approximate surface area is 160 Å². The summed E-state index contributed by atoms with van der Waals surface area (Å²) in [6, 6.07) is 13.4. The molecule has 1 aliphatic heterocycles. The Morgan fingerprint density at radius 2 is 2.04 bits per heavy atom. The molecule has 0 amide bonds. The minimum Gasteiger partial charge on any atom is -0.497 e. The lowest BCUT2D eigenvalue weighted by Crippen LogP contribution is -2.36. The number of aromatic amines is 1. The van der Waals surface area contributed by atoms with Gasteiger partial charge in [-0.05, 0) is 62.5 Å². The molecule has 0 bridgehead atoms. The highest BCUT2D eigenvalue weighted by Crippen LogP contribution is 2.28. The molecule has 0 aliphatic carbocycles. The van der Waals surface area contributed by atoms with Gasteiger partial charge < -0.3 is 14.5 Å². The van der Waals surface area contributed by atoms with Crippen LogP contribution in [0.15, 0.2) is 42.6 Å². The van der Waals surface area contributed by atoms with Crippen LogP contribution in [-0.4, -0.2) is 60.3 Å². The molecule has 142 valence electrons. The Kier molecular flexibility index (Phi) is 5.14. The van der Waals surface area contributed by atoms with Gasteiger partial charge in [-0.25, -0.2) is 0 Å². The van der Waals surface area contributed by atoms with Crippen LogP contribution in [0.1, 0.15) is 18.4 Å². The van der Waals surface area contributed by atoms with E-state index in [1.54, 1.807) is 7.11 Å². The summed E-state index contributed by atoms with van der Waals surface area (Å²) in [5.41, 5.74) is 3.52. The van der Waals surface area contributed by atoms with Crippen molar-refractivity contribution in [1.29, 1.82) is 0 Å². The van der Waals surface area contributed by atoms with E-state index in [-0.39, 0.29) is 0 Å². The van der Waals surface area contributed by atoms with Gasteiger partial charge in [-0.15, -0.1) is 0 Å². The number of methoxy groups -OCH3 is 1. The molecule has 4 rings (SSSR count). The second-order valence-electron chi connectivity index (χ2n) is 7.67. The topological polar surface area (TPSA) is 44.4 Å². The molecule has 0 spiro atoms. The third kappa shape index (κ3) is 3.84. The average Bonchev–Trinajstić information content (AvgIpc) is 3.30. The fraction of sp³-hybridized carbons (Fsp3) is 0.409. The molecule has 5 nitrogen and oxygen atoms in total. The fourth-order valence-electron chi connectivity index (χ4n) is 4.11. The SMILES string of the molecule is COc1ccc2cc(-c3[nH]ncc3CN(C)CC3CCCN3C)ccc2c1. The Morgan fingerprint density at radius 1 is 1.22 bits per heavy atom. The van der Waals surface area contributed by atoms with Crippen LogP contribution in [0.3, 0.4) is 0 Å². The molecule has 0 saturated carbocycles. The number of rotatable bonds is 6. The maximum atomic E-state index is 5.32. The van der Waals surface area contributed by atoms with Gasteiger partial charge in [-0.3, -0.25) is 5.10 Å². The number of benzene rings is 2. The van der Waals surface area contributed by atoms with E-state index in [2.05, 4.69) is 64.4 Å². The van der Waals surface area contributed by atoms with Crippen LogP contribution in [0.5, 0.6) is 5.75 Å². The van der Waals surface area contributed by atoms with Gasteiger partial charge in [0.2, 0.25) is 0 Å². The lowest BCUT2D eigenvalue weighted by molar-refractivity contribution is 0.215. The van der Waals surface area contributed by atoms with Crippen LogP contribution < -0.4 is 4.74 Å². The summed E-state index contributed by atoms with van der Waals surface area (Å²) in [6.45, 7) is 3.22. The molecule has 1 N–H and O–H groups in total. The Balaban J connectivity index is 1.53. The van der Waals surface area contributed by atoms with Crippen LogP contribution in [0.4, 0.5) is 0 Å². The van der Waals surface area contributed by atoms with Crippen molar-refractivity contribution in [3.63, 3.8) is 0 Å². The number of hydrogen-bond donors (Lipinski definition) is 1. The molecule has 1 atom stereocenters. The lowest BCUT2D eigenvalue weighted by atomic mass is 10.0. The number of aromatic nitrogens is 2. The van der Waals surface area contributed by atoms with E-state index in [4.69, 9.17) is 4.74 Å². The fourth-order valence-corrected chi connectivity index (χ4v) is 4.11. The molecule has 1 fully saturated rings. The van der Waals surface area contributed by atoms with Crippen molar-refractivity contribution in [2.24, 2.45) is 0 Å². The summed E-state index contributed by atoms with van der Waals surface area (Å²) >= 11 is 0. The van der Waals surface area contributed by atoms with Crippen molar-refractivity contribution in [3.8, 4) is 17.0 Å². The predicted octanol–water partition coefficient (Wildman–Crippen LogP) is 3.76. The highest BCUT2D eigenvalue weighted by Gasteiger charge is 2.22. The second kappa shape index (κ2) is 7.71. The molecule has 3 aromatic rings. The Bertz CT molecular complexity index is 920. The Morgan fingerprint density at radius 3 is 2.81 bits per heavy atom. The van der Waals surface area contributed by atoms with Gasteiger partial charge in [-0.2, -0.15) is 5.10 Å². The minimum absolute atomic E-state index is 0.668. The summed E-state index contributed by atoms with van der Waals surface area (Å²) < 4.78 is 5.32. The highest BCUT2D eigenvalue weighted by atomic mass is 16.5. The molecule has 0 radical (unpaired) electrons. The zero-order valence-electron chi connectivity index (χ0n) is 16.4. The van der Waals surface area contributed by atoms with Crippen molar-refractivity contribution < 1.29 is 4.74 Å². The molecule has 2 heterocycles. The third-order valence-electron chi connectivity index (χ3n) is 5.69. The first-order valence-corrected chi connectivity index (χ1v) is 9.63. The van der Waals surface area contributed by atoms with E-state index >= 15 is 0 Å². The number of ether oxygens (including phenoxy) is 1. The van der Waals surface area contributed by atoms with Crippen LogP contribution in [0, 0.1) is 0 Å². The molecule has 1 aromatic heterocycles. The summed E-state index contributed by atoms with van der Waals surface area (Å²) in [5.74, 6) is 0.885. The first-order chi connectivity index (χ1) is 13.1. The van der Waals surface area contributed by atoms with Gasteiger partial charge in [0.15, 0.2) is 0 Å². The smallest absolute Gasteiger partial charge is 0.119 e. The van der Waals surface area contributed by atoms with E-state index in [1.807, 2.05) is 12.3 Å². The van der Waals surface area contributed by atoms with E-state index in [9.17, 15) is 0 Å². The van der Waals surface area contributed by atoms with Crippen LogP contribution >= 0.6 is 0 Å². The molecule has 2 aromatic carbocycles. The molecule has 1 saturated heterocycles. The van der Waals surface area contributed by atoms with Gasteiger partial charge in [0.05, 0.1) is 19.0 Å². The number of H-pyrrole nitrogens is 1. The normalized spacial score (nSPS) is 17.9. The van der Waals surface area contributed by atoms with Crippen molar-refractivity contribution in [1.82, 2.24) is 20.0 Å². The molecule has 5 heteroatoms. The largest absolute Gasteiger partial charge is 0.497 e. The van der Waals surface area contributed by atoms with Crippen LogP contribution in [0.2, 0.25) is 0 Å². The van der Waals surface area contributed by atoms with Crippen molar-refractivity contribution in [2.75, 3.05) is 34.3 Å². The number of fused-ring (bicyclic) bond motifs is 1. The number of nitrogens with one attached hydrogen (secondary N) is 1. The first kappa shape index (κ1) is 18.0. The molecule has 1 unspecified atom stereocenters. The van der Waals surface area contributed by atoms with Gasteiger partial charge in [-0.1, -0.05) is 18.2 Å². The van der Waals surface area contributed by atoms with Crippen LogP contribution in [-0.2, 0) is 6.54 Å². The minimum atomic E-state index is 0.668. The van der Waals surface area contributed by atoms with Crippen molar-refractivity contribution in [3.05, 3.63) is 48.2 Å². The summed E-state index contributed by atoms with van der Waals surface area (Å²) in [7, 11) is 6.14. The molecular formula is C22H28N4O. The zero-order valence-corrected chi connectivity index (χ0v) is 16.4. The summed E-state index contributed by atoms with van der Waals surface area (Å²) in [5, 5.41) is 9.91. The monoisotopic (exact) mass is 364 g/mol. The molecular weight excluding hydrogens is 336 g/mol. The predicted molar refractivity (Wildman–Crippen MR) is 110 cm³/mol. The summed E-state index contributed by atoms with van der Waals surface area (Å²) in [6.07, 6.45) is 4.57. The van der Waals surface area contributed by atoms with Crippen LogP contribution in [0.25, 0.3) is 22.0 Å². The van der Waals surface area contributed by atoms with E-state index < -0.39 is 0 Å². The van der Waals surface area contributed by atoms with Crippen molar-refractivity contribution in [2.45, 2.75) is 25.4 Å². The highest BCUT2D eigenvalue weighted by molar-refractivity contribution is 5.88. The van der Waals surface area contributed by atoms with Gasteiger partial charge in [0, 0.05) is 30.3 Å². The maximum absolute atomic E-state index is 5.32. The molecule has 1 aliphatic rings. The summed E-state index contributed by atoms with van der Waals surface area (Å²) in [4.78, 5) is 4.89. The van der Waals surface area contributed by atoms with Crippen molar-refractivity contribution >= 4 is 10.8 Å². The van der Waals surface area contributed by atoms with Gasteiger partial charge >= 0.3 is 0 Å². The average molecular weight is 364 g/mol. The second-order valence-corrected chi connectivity index (χ2v) is 7.67.